The Morgan fingerprint density at radius 1 is 1.32 bits per heavy atom. The summed E-state index contributed by atoms with van der Waals surface area (Å²) in [5, 5.41) is 2.41. The highest BCUT2D eigenvalue weighted by Gasteiger charge is 2.33. The van der Waals surface area contributed by atoms with Gasteiger partial charge in [-0.3, -0.25) is 9.59 Å². The number of methoxy groups -OCH3 is 1. The average Bonchev–Trinajstić information content (AvgIpc) is 2.42. The number of piperidine rings is 1. The van der Waals surface area contributed by atoms with Crippen molar-refractivity contribution in [2.75, 3.05) is 7.11 Å². The van der Waals surface area contributed by atoms with Gasteiger partial charge in [0.05, 0.1) is 12.7 Å². The van der Waals surface area contributed by atoms with E-state index in [1.54, 1.807) is 31.4 Å². The number of nitrogens with one attached hydrogen (secondary N) is 1. The van der Waals surface area contributed by atoms with Crippen LogP contribution in [0.5, 0.6) is 5.75 Å². The largest absolute Gasteiger partial charge is 0.497 e. The lowest BCUT2D eigenvalue weighted by Gasteiger charge is -2.20. The summed E-state index contributed by atoms with van der Waals surface area (Å²) in [6.07, 6.45) is 1.48. The SMILES string of the molecule is COc1ccc(/C=C2/C(=O)NC(=S)C(N)C2=O)cc1. The first-order valence-electron chi connectivity index (χ1n) is 5.53. The highest BCUT2D eigenvalue weighted by Crippen LogP contribution is 2.16. The second-order valence-corrected chi connectivity index (χ2v) is 4.43. The molecule has 98 valence electrons. The Morgan fingerprint density at radius 3 is 2.53 bits per heavy atom. The summed E-state index contributed by atoms with van der Waals surface area (Å²) < 4.78 is 5.03. The molecule has 0 spiro atoms. The van der Waals surface area contributed by atoms with Crippen LogP contribution in [-0.4, -0.2) is 29.8 Å². The second kappa shape index (κ2) is 5.29. The molecule has 19 heavy (non-hydrogen) atoms. The lowest BCUT2D eigenvalue weighted by molar-refractivity contribution is -0.122. The maximum atomic E-state index is 11.9. The molecule has 1 atom stereocenters. The van der Waals surface area contributed by atoms with Gasteiger partial charge in [0.1, 0.15) is 16.8 Å². The summed E-state index contributed by atoms with van der Waals surface area (Å²) in [7, 11) is 1.56. The summed E-state index contributed by atoms with van der Waals surface area (Å²) in [5.41, 5.74) is 6.32. The van der Waals surface area contributed by atoms with E-state index in [1.807, 2.05) is 0 Å². The van der Waals surface area contributed by atoms with E-state index in [4.69, 9.17) is 22.7 Å². The van der Waals surface area contributed by atoms with Crippen molar-refractivity contribution < 1.29 is 14.3 Å². The van der Waals surface area contributed by atoms with Crippen molar-refractivity contribution in [1.29, 1.82) is 0 Å². The van der Waals surface area contributed by atoms with E-state index in [-0.39, 0.29) is 10.6 Å². The topological polar surface area (TPSA) is 81.4 Å². The zero-order chi connectivity index (χ0) is 14.0. The van der Waals surface area contributed by atoms with Gasteiger partial charge in [-0.1, -0.05) is 24.4 Å². The summed E-state index contributed by atoms with van der Waals surface area (Å²) in [4.78, 5) is 23.7. The van der Waals surface area contributed by atoms with Crippen LogP contribution in [0.2, 0.25) is 0 Å². The summed E-state index contributed by atoms with van der Waals surface area (Å²) in [6.45, 7) is 0. The fourth-order valence-electron chi connectivity index (χ4n) is 1.66. The number of ketones is 1. The molecule has 0 aliphatic carbocycles. The number of nitrogens with two attached hydrogens (primary N) is 1. The first kappa shape index (κ1) is 13.4. The summed E-state index contributed by atoms with van der Waals surface area (Å²) in [6, 6.07) is 6.00. The molecular weight excluding hydrogens is 264 g/mol. The van der Waals surface area contributed by atoms with E-state index in [0.29, 0.717) is 11.3 Å². The lowest BCUT2D eigenvalue weighted by atomic mass is 9.97. The van der Waals surface area contributed by atoms with Gasteiger partial charge in [-0.05, 0) is 23.8 Å². The van der Waals surface area contributed by atoms with Crippen molar-refractivity contribution >= 4 is 35.0 Å². The molecule has 1 saturated heterocycles. The minimum atomic E-state index is -0.961. The van der Waals surface area contributed by atoms with E-state index in [9.17, 15) is 9.59 Å². The molecule has 0 bridgehead atoms. The Morgan fingerprint density at radius 2 is 1.95 bits per heavy atom. The number of carbonyl (C=O) groups excluding carboxylic acids is 2. The van der Waals surface area contributed by atoms with E-state index in [0.717, 1.165) is 0 Å². The Balaban J connectivity index is 2.33. The van der Waals surface area contributed by atoms with Crippen LogP contribution in [0.25, 0.3) is 6.08 Å². The highest BCUT2D eigenvalue weighted by atomic mass is 32.1. The number of amides is 1. The molecule has 1 aromatic carbocycles. The fraction of sp³-hybridized carbons (Fsp3) is 0.154. The van der Waals surface area contributed by atoms with Gasteiger partial charge in [0.15, 0.2) is 5.78 Å². The van der Waals surface area contributed by atoms with Crippen LogP contribution in [0.15, 0.2) is 29.8 Å². The molecular formula is C13H12N2O3S. The fourth-order valence-corrected chi connectivity index (χ4v) is 1.86. The van der Waals surface area contributed by atoms with Gasteiger partial charge in [0.25, 0.3) is 5.91 Å². The zero-order valence-electron chi connectivity index (χ0n) is 10.2. The molecule has 0 aromatic heterocycles. The number of carbonyl (C=O) groups is 2. The molecule has 5 nitrogen and oxygen atoms in total. The van der Waals surface area contributed by atoms with Crippen LogP contribution in [0.4, 0.5) is 0 Å². The van der Waals surface area contributed by atoms with Gasteiger partial charge in [-0.15, -0.1) is 0 Å². The summed E-state index contributed by atoms with van der Waals surface area (Å²) in [5.74, 6) is -0.295. The Kier molecular flexibility index (Phi) is 3.73. The van der Waals surface area contributed by atoms with Crippen molar-refractivity contribution in [3.05, 3.63) is 35.4 Å². The molecule has 1 aliphatic heterocycles. The maximum Gasteiger partial charge on any atom is 0.259 e. The van der Waals surface area contributed by atoms with Crippen molar-refractivity contribution in [1.82, 2.24) is 5.32 Å². The van der Waals surface area contributed by atoms with Crippen molar-refractivity contribution in [2.45, 2.75) is 6.04 Å². The maximum absolute atomic E-state index is 11.9. The van der Waals surface area contributed by atoms with Gasteiger partial charge in [-0.2, -0.15) is 0 Å². The number of Topliss-reactive ketones (excluding diaryl/α,β-unsaturated/α-hetero) is 1. The average molecular weight is 276 g/mol. The van der Waals surface area contributed by atoms with E-state index >= 15 is 0 Å². The molecule has 1 unspecified atom stereocenters. The number of hydrogen-bond acceptors (Lipinski definition) is 5. The van der Waals surface area contributed by atoms with Crippen LogP contribution in [-0.2, 0) is 9.59 Å². The lowest BCUT2D eigenvalue weighted by Crippen LogP contribution is -2.54. The Labute approximate surface area is 115 Å². The Hall–Kier alpha value is -2.05. The van der Waals surface area contributed by atoms with E-state index < -0.39 is 17.7 Å². The van der Waals surface area contributed by atoms with Crippen LogP contribution < -0.4 is 15.8 Å². The predicted octanol–water partition coefficient (Wildman–Crippen LogP) is 0.432. The molecule has 1 amide bonds. The predicted molar refractivity (Wildman–Crippen MR) is 74.7 cm³/mol. The van der Waals surface area contributed by atoms with E-state index in [1.165, 1.54) is 6.08 Å². The molecule has 1 aliphatic rings. The van der Waals surface area contributed by atoms with Gasteiger partial charge in [0, 0.05) is 0 Å². The molecule has 2 rings (SSSR count). The van der Waals surface area contributed by atoms with Crippen molar-refractivity contribution in [3.63, 3.8) is 0 Å². The third-order valence-electron chi connectivity index (χ3n) is 2.74. The molecule has 0 saturated carbocycles. The second-order valence-electron chi connectivity index (χ2n) is 3.99. The van der Waals surface area contributed by atoms with Crippen molar-refractivity contribution in [3.8, 4) is 5.75 Å². The van der Waals surface area contributed by atoms with E-state index in [2.05, 4.69) is 5.32 Å². The zero-order valence-corrected chi connectivity index (χ0v) is 11.0. The van der Waals surface area contributed by atoms with Gasteiger partial charge < -0.3 is 15.8 Å². The molecule has 0 radical (unpaired) electrons. The summed E-state index contributed by atoms with van der Waals surface area (Å²) >= 11 is 4.81. The van der Waals surface area contributed by atoms with Gasteiger partial charge in [-0.25, -0.2) is 0 Å². The number of rotatable bonds is 2. The van der Waals surface area contributed by atoms with Crippen LogP contribution >= 0.6 is 12.2 Å². The molecule has 6 heteroatoms. The molecule has 3 N–H and O–H groups in total. The number of benzene rings is 1. The third kappa shape index (κ3) is 2.69. The minimum absolute atomic E-state index is 0.00580. The van der Waals surface area contributed by atoms with Crippen LogP contribution in [0.3, 0.4) is 0 Å². The quantitative estimate of drug-likeness (QED) is 0.465. The van der Waals surface area contributed by atoms with Crippen molar-refractivity contribution in [2.24, 2.45) is 5.73 Å². The Bertz CT molecular complexity index is 578. The first-order valence-corrected chi connectivity index (χ1v) is 5.94. The smallest absolute Gasteiger partial charge is 0.259 e. The van der Waals surface area contributed by atoms with Gasteiger partial charge in [0.2, 0.25) is 0 Å². The molecule has 1 fully saturated rings. The standard InChI is InChI=1S/C13H12N2O3S/c1-18-8-4-2-7(3-5-8)6-9-11(16)10(14)13(19)15-12(9)17/h2-6,10H,14H2,1H3,(H,15,17,19)/b9-6+. The van der Waals surface area contributed by atoms with Crippen LogP contribution in [0.1, 0.15) is 5.56 Å². The van der Waals surface area contributed by atoms with Gasteiger partial charge >= 0.3 is 0 Å². The highest BCUT2D eigenvalue weighted by molar-refractivity contribution is 7.80. The minimum Gasteiger partial charge on any atom is -0.497 e. The number of thiocarbonyl (C=S) groups is 1. The molecule has 1 heterocycles. The monoisotopic (exact) mass is 276 g/mol. The third-order valence-corrected chi connectivity index (χ3v) is 3.09. The van der Waals surface area contributed by atoms with Crippen LogP contribution in [0, 0.1) is 0 Å². The number of hydrogen-bond donors (Lipinski definition) is 2. The molecule has 1 aromatic rings. The number of ether oxygens (including phenoxy) is 1. The normalized spacial score (nSPS) is 21.5. The first-order chi connectivity index (χ1) is 9.02.